The van der Waals surface area contributed by atoms with E-state index in [1.165, 1.54) is 11.3 Å². The van der Waals surface area contributed by atoms with Crippen molar-refractivity contribution in [1.29, 1.82) is 0 Å². The van der Waals surface area contributed by atoms with Crippen molar-refractivity contribution in [3.63, 3.8) is 0 Å². The second-order valence-electron chi connectivity index (χ2n) is 8.89. The molecular weight excluding hydrogens is 586 g/mol. The van der Waals surface area contributed by atoms with E-state index in [9.17, 15) is 9.59 Å². The number of ether oxygens (including phenoxy) is 4. The molecule has 11 heteroatoms. The van der Waals surface area contributed by atoms with Gasteiger partial charge in [-0.25, -0.2) is 4.99 Å². The number of aromatic nitrogens is 1. The van der Waals surface area contributed by atoms with Crippen LogP contribution in [0.5, 0.6) is 23.0 Å². The van der Waals surface area contributed by atoms with E-state index in [1.807, 2.05) is 39.0 Å². The standard InChI is InChI=1S/C28H28BrN3O6S/c1-6-31(7-2)27(34)24-15(3)30-28-32(25(24)18-12-17(35-4)8-9-20(18)36-5)26(33)23(39-28)11-16-10-21-22(13-19(16)29)38-14-37-21/h8-13,25H,6-7,14H2,1-5H3/b23-11+/t25-/m0/s1. The predicted molar refractivity (Wildman–Crippen MR) is 152 cm³/mol. The Labute approximate surface area is 237 Å². The fourth-order valence-corrected chi connectivity index (χ4v) is 6.28. The van der Waals surface area contributed by atoms with Gasteiger partial charge in [0.2, 0.25) is 6.79 Å². The number of fused-ring (bicyclic) bond motifs is 2. The van der Waals surface area contributed by atoms with Crippen molar-refractivity contribution < 1.29 is 23.7 Å². The lowest BCUT2D eigenvalue weighted by molar-refractivity contribution is -0.127. The maximum Gasteiger partial charge on any atom is 0.271 e. The van der Waals surface area contributed by atoms with E-state index < -0.39 is 6.04 Å². The zero-order chi connectivity index (χ0) is 27.8. The summed E-state index contributed by atoms with van der Waals surface area (Å²) in [5.74, 6) is 2.19. The highest BCUT2D eigenvalue weighted by molar-refractivity contribution is 9.10. The Kier molecular flexibility index (Phi) is 7.55. The number of nitrogens with zero attached hydrogens (tertiary/aromatic N) is 3. The predicted octanol–water partition coefficient (Wildman–Crippen LogP) is 3.61. The van der Waals surface area contributed by atoms with Crippen molar-refractivity contribution in [3.8, 4) is 23.0 Å². The SMILES string of the molecule is CCN(CC)C(=O)C1=C(C)N=c2s/c(=C/c3cc4c(cc3Br)OCO4)c(=O)n2[C@H]1c1cc(OC)ccc1OC. The van der Waals surface area contributed by atoms with Gasteiger partial charge in [-0.3, -0.25) is 14.2 Å². The van der Waals surface area contributed by atoms with E-state index in [2.05, 4.69) is 15.9 Å². The minimum Gasteiger partial charge on any atom is -0.497 e. The van der Waals surface area contributed by atoms with Crippen LogP contribution in [0.3, 0.4) is 0 Å². The smallest absolute Gasteiger partial charge is 0.271 e. The largest absolute Gasteiger partial charge is 0.497 e. The fraction of sp³-hybridized carbons (Fsp3) is 0.321. The number of rotatable bonds is 7. The molecule has 1 aromatic heterocycles. The zero-order valence-corrected chi connectivity index (χ0v) is 24.6. The van der Waals surface area contributed by atoms with Crippen molar-refractivity contribution in [2.75, 3.05) is 34.1 Å². The molecule has 2 aliphatic heterocycles. The maximum absolute atomic E-state index is 14.1. The van der Waals surface area contributed by atoms with Gasteiger partial charge in [0.25, 0.3) is 11.5 Å². The van der Waals surface area contributed by atoms with E-state index in [4.69, 9.17) is 23.9 Å². The molecule has 0 bridgehead atoms. The van der Waals surface area contributed by atoms with Crippen LogP contribution in [-0.4, -0.2) is 49.5 Å². The number of hydrogen-bond acceptors (Lipinski definition) is 8. The average Bonchev–Trinajstić information content (AvgIpc) is 3.51. The number of carbonyl (C=O) groups excluding carboxylic acids is 1. The molecule has 0 aliphatic carbocycles. The van der Waals surface area contributed by atoms with Crippen LogP contribution in [0.2, 0.25) is 0 Å². The Bertz CT molecular complexity index is 1670. The maximum atomic E-state index is 14.1. The van der Waals surface area contributed by atoms with Gasteiger partial charge in [-0.15, -0.1) is 0 Å². The molecule has 0 saturated carbocycles. The molecule has 204 valence electrons. The van der Waals surface area contributed by atoms with Gasteiger partial charge in [-0.1, -0.05) is 27.3 Å². The van der Waals surface area contributed by atoms with Gasteiger partial charge >= 0.3 is 0 Å². The van der Waals surface area contributed by atoms with Gasteiger partial charge in [0.15, 0.2) is 16.3 Å². The van der Waals surface area contributed by atoms with Crippen molar-refractivity contribution in [1.82, 2.24) is 9.47 Å². The Morgan fingerprint density at radius 1 is 1.18 bits per heavy atom. The summed E-state index contributed by atoms with van der Waals surface area (Å²) in [4.78, 5) is 34.9. The number of methoxy groups -OCH3 is 2. The molecule has 9 nitrogen and oxygen atoms in total. The molecule has 1 atom stereocenters. The fourth-order valence-electron chi connectivity index (χ4n) is 4.81. The van der Waals surface area contributed by atoms with E-state index >= 15 is 0 Å². The second-order valence-corrected chi connectivity index (χ2v) is 10.8. The van der Waals surface area contributed by atoms with Crippen LogP contribution < -0.4 is 33.8 Å². The van der Waals surface area contributed by atoms with E-state index in [1.54, 1.807) is 41.9 Å². The summed E-state index contributed by atoms with van der Waals surface area (Å²) < 4.78 is 25.0. The summed E-state index contributed by atoms with van der Waals surface area (Å²) in [7, 11) is 3.14. The summed E-state index contributed by atoms with van der Waals surface area (Å²) in [6.45, 7) is 6.86. The van der Waals surface area contributed by atoms with Crippen LogP contribution in [0.1, 0.15) is 37.9 Å². The van der Waals surface area contributed by atoms with Crippen molar-refractivity contribution in [2.45, 2.75) is 26.8 Å². The van der Waals surface area contributed by atoms with Gasteiger partial charge in [-0.05, 0) is 62.7 Å². The van der Waals surface area contributed by atoms with E-state index in [0.717, 1.165) is 10.0 Å². The highest BCUT2D eigenvalue weighted by Gasteiger charge is 2.36. The Hall–Kier alpha value is -3.57. The monoisotopic (exact) mass is 613 g/mol. The number of carbonyl (C=O) groups is 1. The first-order valence-corrected chi connectivity index (χ1v) is 14.0. The summed E-state index contributed by atoms with van der Waals surface area (Å²) in [5, 5.41) is 0. The van der Waals surface area contributed by atoms with E-state index in [-0.39, 0.29) is 18.3 Å². The van der Waals surface area contributed by atoms with Crippen molar-refractivity contribution in [2.24, 2.45) is 4.99 Å². The molecule has 1 amide bonds. The van der Waals surface area contributed by atoms with Crippen LogP contribution in [-0.2, 0) is 4.79 Å². The summed E-state index contributed by atoms with van der Waals surface area (Å²) in [6, 6.07) is 8.26. The molecule has 2 aliphatic rings. The Morgan fingerprint density at radius 3 is 2.56 bits per heavy atom. The molecule has 0 spiro atoms. The van der Waals surface area contributed by atoms with Crippen molar-refractivity contribution in [3.05, 3.63) is 76.9 Å². The Morgan fingerprint density at radius 2 is 1.90 bits per heavy atom. The highest BCUT2D eigenvalue weighted by Crippen LogP contribution is 2.39. The minimum atomic E-state index is -0.762. The number of amides is 1. The number of likely N-dealkylation sites (N-methyl/N-ethyl adjacent to an activating group) is 1. The number of hydrogen-bond donors (Lipinski definition) is 0. The molecule has 39 heavy (non-hydrogen) atoms. The molecule has 0 radical (unpaired) electrons. The second kappa shape index (κ2) is 10.9. The number of benzene rings is 2. The van der Waals surface area contributed by atoms with Crippen LogP contribution in [0.25, 0.3) is 6.08 Å². The van der Waals surface area contributed by atoms with Gasteiger partial charge in [0.05, 0.1) is 30.0 Å². The van der Waals surface area contributed by atoms with Gasteiger partial charge in [0.1, 0.15) is 17.5 Å². The average molecular weight is 615 g/mol. The number of halogens is 1. The van der Waals surface area contributed by atoms with Gasteiger partial charge in [-0.2, -0.15) is 0 Å². The third-order valence-electron chi connectivity index (χ3n) is 6.81. The molecular formula is C28H28BrN3O6S. The minimum absolute atomic E-state index is 0.151. The zero-order valence-electron chi connectivity index (χ0n) is 22.2. The van der Waals surface area contributed by atoms with Gasteiger partial charge in [0, 0.05) is 23.1 Å². The third-order valence-corrected chi connectivity index (χ3v) is 8.48. The lowest BCUT2D eigenvalue weighted by Gasteiger charge is -2.30. The normalized spacial score (nSPS) is 16.2. The number of allylic oxidation sites excluding steroid dienone is 1. The topological polar surface area (TPSA) is 91.6 Å². The lowest BCUT2D eigenvalue weighted by Crippen LogP contribution is -2.43. The molecule has 0 saturated heterocycles. The summed E-state index contributed by atoms with van der Waals surface area (Å²) in [6.07, 6.45) is 1.79. The molecule has 3 heterocycles. The lowest BCUT2D eigenvalue weighted by atomic mass is 9.93. The summed E-state index contributed by atoms with van der Waals surface area (Å²) in [5.41, 5.74) is 2.11. The molecule has 5 rings (SSSR count). The number of thiazole rings is 1. The molecule has 0 N–H and O–H groups in total. The van der Waals surface area contributed by atoms with Gasteiger partial charge < -0.3 is 23.8 Å². The quantitative estimate of drug-likeness (QED) is 0.404. The first kappa shape index (κ1) is 27.0. The highest BCUT2D eigenvalue weighted by atomic mass is 79.9. The molecule has 0 unspecified atom stereocenters. The first-order valence-electron chi connectivity index (χ1n) is 12.4. The third kappa shape index (κ3) is 4.74. The van der Waals surface area contributed by atoms with Crippen LogP contribution >= 0.6 is 27.3 Å². The van der Waals surface area contributed by atoms with Crippen LogP contribution in [0.15, 0.2) is 55.9 Å². The molecule has 3 aromatic rings. The summed E-state index contributed by atoms with van der Waals surface area (Å²) >= 11 is 4.84. The van der Waals surface area contributed by atoms with Crippen LogP contribution in [0.4, 0.5) is 0 Å². The molecule has 0 fully saturated rings. The van der Waals surface area contributed by atoms with E-state index in [0.29, 0.717) is 62.3 Å². The first-order chi connectivity index (χ1) is 18.8. The van der Waals surface area contributed by atoms with Crippen molar-refractivity contribution >= 4 is 39.2 Å². The Balaban J connectivity index is 1.77. The molecule has 2 aromatic carbocycles. The van der Waals surface area contributed by atoms with Crippen LogP contribution in [0, 0.1) is 0 Å².